The zero-order valence-electron chi connectivity index (χ0n) is 19.3. The summed E-state index contributed by atoms with van der Waals surface area (Å²) in [5.74, 6) is 0.155. The van der Waals surface area contributed by atoms with Crippen molar-refractivity contribution in [1.29, 1.82) is 0 Å². The van der Waals surface area contributed by atoms with E-state index in [4.69, 9.17) is 9.47 Å². The highest BCUT2D eigenvalue weighted by atomic mass is 16.6. The van der Waals surface area contributed by atoms with E-state index in [1.54, 1.807) is 30.3 Å². The van der Waals surface area contributed by atoms with E-state index in [9.17, 15) is 35.3 Å². The molecule has 0 radical (unpaired) electrons. The zero-order valence-corrected chi connectivity index (χ0v) is 19.3. The third kappa shape index (κ3) is 6.04. The SMILES string of the molecule is O=C(/C=C/c1cccc([N+](=O)[O-])c1)c1ccc(OCc2cn([C@@H]3O[C@H](CO)[C@@H](O)[C@H](O)[C@H]3O)nn2)cc1. The molecule has 1 aromatic heterocycles. The van der Waals surface area contributed by atoms with Crippen LogP contribution in [-0.4, -0.2) is 77.1 Å². The molecule has 3 aromatic rings. The van der Waals surface area contributed by atoms with Crippen LogP contribution in [0.3, 0.4) is 0 Å². The lowest BCUT2D eigenvalue weighted by atomic mass is 9.98. The standard InChI is InChI=1S/C24H24N4O9/c29-12-20-21(31)22(32)23(33)24(37-20)27-11-16(25-26-27)13-36-18-7-5-15(6-8-18)19(30)9-4-14-2-1-3-17(10-14)28(34)35/h1-11,20-24,29,31-33H,12-13H2/b9-4+/t20-,21-,22+,23-,24-/m1/s1. The number of ketones is 1. The maximum absolute atomic E-state index is 12.4. The Bertz CT molecular complexity index is 1280. The number of aliphatic hydroxyl groups excluding tert-OH is 4. The van der Waals surface area contributed by atoms with E-state index < -0.39 is 42.2 Å². The van der Waals surface area contributed by atoms with Crippen LogP contribution in [0.15, 0.2) is 60.8 Å². The summed E-state index contributed by atoms with van der Waals surface area (Å²) in [4.78, 5) is 22.8. The van der Waals surface area contributed by atoms with Gasteiger partial charge in [-0.05, 0) is 35.9 Å². The number of carbonyl (C=O) groups is 1. The number of aromatic nitrogens is 3. The number of benzene rings is 2. The van der Waals surface area contributed by atoms with Crippen LogP contribution in [0, 0.1) is 10.1 Å². The first-order valence-corrected chi connectivity index (χ1v) is 11.2. The van der Waals surface area contributed by atoms with Crippen LogP contribution in [0.5, 0.6) is 5.75 Å². The number of rotatable bonds is 9. The van der Waals surface area contributed by atoms with Crippen LogP contribution in [0.1, 0.15) is 27.8 Å². The highest BCUT2D eigenvalue weighted by Gasteiger charge is 2.44. The molecule has 0 saturated carbocycles. The monoisotopic (exact) mass is 512 g/mol. The van der Waals surface area contributed by atoms with Crippen molar-refractivity contribution >= 4 is 17.5 Å². The molecule has 1 fully saturated rings. The molecule has 0 amide bonds. The minimum absolute atomic E-state index is 0.00257. The Balaban J connectivity index is 1.34. The summed E-state index contributed by atoms with van der Waals surface area (Å²) in [5.41, 5.74) is 1.23. The number of aliphatic hydroxyl groups is 4. The number of nitro benzene ring substituents is 1. The molecule has 13 heteroatoms. The van der Waals surface area contributed by atoms with Crippen molar-refractivity contribution in [2.24, 2.45) is 0 Å². The molecule has 2 heterocycles. The molecule has 4 N–H and O–H groups in total. The normalized spacial score (nSPS) is 23.7. The minimum Gasteiger partial charge on any atom is -0.487 e. The number of non-ortho nitro benzene ring substituents is 1. The largest absolute Gasteiger partial charge is 0.487 e. The average molecular weight is 512 g/mol. The van der Waals surface area contributed by atoms with Crippen LogP contribution in [0.25, 0.3) is 6.08 Å². The number of carbonyl (C=O) groups excluding carboxylic acids is 1. The van der Waals surface area contributed by atoms with Gasteiger partial charge in [-0.1, -0.05) is 23.4 Å². The topological polar surface area (TPSA) is 190 Å². The molecular formula is C24H24N4O9. The van der Waals surface area contributed by atoms with Gasteiger partial charge in [-0.25, -0.2) is 4.68 Å². The fraction of sp³-hybridized carbons (Fsp3) is 0.292. The quantitative estimate of drug-likeness (QED) is 0.136. The van der Waals surface area contributed by atoms with Gasteiger partial charge in [-0.3, -0.25) is 14.9 Å². The van der Waals surface area contributed by atoms with Crippen LogP contribution < -0.4 is 4.74 Å². The second-order valence-corrected chi connectivity index (χ2v) is 8.27. The summed E-state index contributed by atoms with van der Waals surface area (Å²) >= 11 is 0. The molecule has 4 rings (SSSR count). The summed E-state index contributed by atoms with van der Waals surface area (Å²) in [6, 6.07) is 12.3. The van der Waals surface area contributed by atoms with Gasteiger partial charge in [0.05, 0.1) is 17.7 Å². The number of hydrogen-bond acceptors (Lipinski definition) is 11. The Labute approximate surface area is 210 Å². The first-order valence-electron chi connectivity index (χ1n) is 11.2. The predicted octanol–water partition coefficient (Wildman–Crippen LogP) is 0.634. The van der Waals surface area contributed by atoms with E-state index in [0.717, 1.165) is 4.68 Å². The summed E-state index contributed by atoms with van der Waals surface area (Å²) in [5, 5.41) is 58.0. The van der Waals surface area contributed by atoms with E-state index in [-0.39, 0.29) is 18.1 Å². The molecule has 13 nitrogen and oxygen atoms in total. The van der Waals surface area contributed by atoms with Gasteiger partial charge in [0.2, 0.25) is 0 Å². The van der Waals surface area contributed by atoms with Crippen LogP contribution in [0.4, 0.5) is 5.69 Å². The van der Waals surface area contributed by atoms with E-state index in [1.165, 1.54) is 36.5 Å². The summed E-state index contributed by atoms with van der Waals surface area (Å²) in [6.07, 6.45) is -2.50. The van der Waals surface area contributed by atoms with Crippen molar-refractivity contribution in [3.8, 4) is 5.75 Å². The lowest BCUT2D eigenvalue weighted by Crippen LogP contribution is -2.56. The molecule has 0 bridgehead atoms. The summed E-state index contributed by atoms with van der Waals surface area (Å²) in [6.45, 7) is -0.563. The van der Waals surface area contributed by atoms with Crippen molar-refractivity contribution in [2.45, 2.75) is 37.3 Å². The van der Waals surface area contributed by atoms with Gasteiger partial charge in [-0.2, -0.15) is 0 Å². The Morgan fingerprint density at radius 1 is 1.14 bits per heavy atom. The second-order valence-electron chi connectivity index (χ2n) is 8.27. The maximum Gasteiger partial charge on any atom is 0.270 e. The van der Waals surface area contributed by atoms with Crippen LogP contribution >= 0.6 is 0 Å². The van der Waals surface area contributed by atoms with Crippen molar-refractivity contribution in [3.63, 3.8) is 0 Å². The van der Waals surface area contributed by atoms with Gasteiger partial charge < -0.3 is 29.9 Å². The van der Waals surface area contributed by atoms with E-state index in [1.807, 2.05) is 0 Å². The number of allylic oxidation sites excluding steroid dienone is 1. The smallest absolute Gasteiger partial charge is 0.270 e. The Hall–Kier alpha value is -4.01. The molecule has 1 saturated heterocycles. The van der Waals surface area contributed by atoms with Gasteiger partial charge in [0, 0.05) is 17.7 Å². The lowest BCUT2D eigenvalue weighted by Gasteiger charge is -2.39. The van der Waals surface area contributed by atoms with Gasteiger partial charge in [0.1, 0.15) is 42.5 Å². The number of nitro groups is 1. The fourth-order valence-corrected chi connectivity index (χ4v) is 3.69. The van der Waals surface area contributed by atoms with Gasteiger partial charge in [0.15, 0.2) is 12.0 Å². The first kappa shape index (κ1) is 26.1. The van der Waals surface area contributed by atoms with Gasteiger partial charge >= 0.3 is 0 Å². The number of ether oxygens (including phenoxy) is 2. The third-order valence-electron chi connectivity index (χ3n) is 5.72. The summed E-state index contributed by atoms with van der Waals surface area (Å²) in [7, 11) is 0. The number of nitrogens with zero attached hydrogens (tertiary/aromatic N) is 4. The molecular weight excluding hydrogens is 488 g/mol. The highest BCUT2D eigenvalue weighted by Crippen LogP contribution is 2.28. The molecule has 1 aliphatic heterocycles. The van der Waals surface area contributed by atoms with Crippen molar-refractivity contribution in [1.82, 2.24) is 15.0 Å². The molecule has 0 spiro atoms. The molecule has 0 aliphatic carbocycles. The van der Waals surface area contributed by atoms with E-state index in [2.05, 4.69) is 10.3 Å². The Kier molecular flexibility index (Phi) is 8.01. The third-order valence-corrected chi connectivity index (χ3v) is 5.72. The van der Waals surface area contributed by atoms with Crippen LogP contribution in [-0.2, 0) is 11.3 Å². The predicted molar refractivity (Wildman–Crippen MR) is 126 cm³/mol. The zero-order chi connectivity index (χ0) is 26.5. The maximum atomic E-state index is 12.4. The first-order chi connectivity index (χ1) is 17.8. The van der Waals surface area contributed by atoms with Crippen LogP contribution in [0.2, 0.25) is 0 Å². The van der Waals surface area contributed by atoms with Crippen molar-refractivity contribution < 1.29 is 39.6 Å². The molecule has 2 aromatic carbocycles. The molecule has 194 valence electrons. The fourth-order valence-electron chi connectivity index (χ4n) is 3.69. The van der Waals surface area contributed by atoms with E-state index in [0.29, 0.717) is 22.6 Å². The second kappa shape index (κ2) is 11.4. The number of hydrogen-bond donors (Lipinski definition) is 4. The highest BCUT2D eigenvalue weighted by molar-refractivity contribution is 6.06. The van der Waals surface area contributed by atoms with Gasteiger partial charge in [-0.15, -0.1) is 5.10 Å². The average Bonchev–Trinajstić information content (AvgIpc) is 3.38. The summed E-state index contributed by atoms with van der Waals surface area (Å²) < 4.78 is 12.3. The van der Waals surface area contributed by atoms with Crippen molar-refractivity contribution in [2.75, 3.05) is 6.61 Å². The molecule has 5 atom stereocenters. The molecule has 0 unspecified atom stereocenters. The molecule has 1 aliphatic rings. The lowest BCUT2D eigenvalue weighted by molar-refractivity contribution is -0.384. The Morgan fingerprint density at radius 3 is 2.59 bits per heavy atom. The molecule has 37 heavy (non-hydrogen) atoms. The minimum atomic E-state index is -1.54. The Morgan fingerprint density at radius 2 is 1.89 bits per heavy atom. The van der Waals surface area contributed by atoms with Crippen molar-refractivity contribution in [3.05, 3.63) is 87.7 Å². The van der Waals surface area contributed by atoms with E-state index >= 15 is 0 Å². The van der Waals surface area contributed by atoms with Gasteiger partial charge in [0.25, 0.3) is 5.69 Å².